The minimum absolute atomic E-state index is 0.0626. The number of rotatable bonds is 5. The monoisotopic (exact) mass is 298 g/mol. The van der Waals surface area contributed by atoms with Crippen molar-refractivity contribution in [1.29, 1.82) is 0 Å². The van der Waals surface area contributed by atoms with Gasteiger partial charge in [0.25, 0.3) is 0 Å². The van der Waals surface area contributed by atoms with Crippen LogP contribution in [0, 0.1) is 6.92 Å². The average Bonchev–Trinajstić information content (AvgIpc) is 2.54. The van der Waals surface area contributed by atoms with Crippen LogP contribution < -0.4 is 9.47 Å². The molecule has 0 aliphatic heterocycles. The van der Waals surface area contributed by atoms with Gasteiger partial charge in [0.1, 0.15) is 0 Å². The summed E-state index contributed by atoms with van der Waals surface area (Å²) in [6.45, 7) is 1.90. The SMILES string of the molecule is COc1cc(/C=C/C(=O)c2ccccc2C)cc(OC)c1O. The van der Waals surface area contributed by atoms with Crippen molar-refractivity contribution in [1.82, 2.24) is 0 Å². The molecule has 2 aromatic carbocycles. The van der Waals surface area contributed by atoms with E-state index in [9.17, 15) is 9.90 Å². The summed E-state index contributed by atoms with van der Waals surface area (Å²) in [6.07, 6.45) is 3.16. The standard InChI is InChI=1S/C18H18O4/c1-12-6-4-5-7-14(12)15(19)9-8-13-10-16(21-2)18(20)17(11-13)22-3/h4-11,20H,1-3H3/b9-8+. The molecule has 0 unspecified atom stereocenters. The Bertz CT molecular complexity index is 692. The summed E-state index contributed by atoms with van der Waals surface area (Å²) >= 11 is 0. The maximum atomic E-state index is 12.2. The number of aryl methyl sites for hydroxylation is 1. The fourth-order valence-corrected chi connectivity index (χ4v) is 2.12. The van der Waals surface area contributed by atoms with Crippen molar-refractivity contribution in [3.05, 3.63) is 59.2 Å². The summed E-state index contributed by atoms with van der Waals surface area (Å²) in [5.41, 5.74) is 2.29. The Morgan fingerprint density at radius 3 is 2.23 bits per heavy atom. The molecule has 0 bridgehead atoms. The second kappa shape index (κ2) is 6.80. The normalized spacial score (nSPS) is 10.7. The van der Waals surface area contributed by atoms with Gasteiger partial charge in [0.05, 0.1) is 14.2 Å². The highest BCUT2D eigenvalue weighted by atomic mass is 16.5. The third kappa shape index (κ3) is 3.28. The van der Waals surface area contributed by atoms with E-state index in [2.05, 4.69) is 0 Å². The lowest BCUT2D eigenvalue weighted by atomic mass is 10.0. The van der Waals surface area contributed by atoms with E-state index >= 15 is 0 Å². The Hall–Kier alpha value is -2.75. The number of aromatic hydroxyl groups is 1. The van der Waals surface area contributed by atoms with E-state index < -0.39 is 0 Å². The topological polar surface area (TPSA) is 55.8 Å². The van der Waals surface area contributed by atoms with Crippen LogP contribution in [0.1, 0.15) is 21.5 Å². The third-order valence-electron chi connectivity index (χ3n) is 3.34. The van der Waals surface area contributed by atoms with E-state index in [1.165, 1.54) is 20.3 Å². The second-order valence-corrected chi connectivity index (χ2v) is 4.79. The summed E-state index contributed by atoms with van der Waals surface area (Å²) in [5, 5.41) is 9.86. The Morgan fingerprint density at radius 1 is 1.09 bits per heavy atom. The van der Waals surface area contributed by atoms with E-state index in [0.717, 1.165) is 5.56 Å². The highest BCUT2D eigenvalue weighted by Crippen LogP contribution is 2.37. The van der Waals surface area contributed by atoms with E-state index in [1.54, 1.807) is 24.3 Å². The van der Waals surface area contributed by atoms with Gasteiger partial charge >= 0.3 is 0 Å². The maximum absolute atomic E-state index is 12.2. The summed E-state index contributed by atoms with van der Waals surface area (Å²) in [6, 6.07) is 10.7. The zero-order valence-electron chi connectivity index (χ0n) is 12.8. The number of methoxy groups -OCH3 is 2. The number of carbonyl (C=O) groups excluding carboxylic acids is 1. The largest absolute Gasteiger partial charge is 0.502 e. The first-order chi connectivity index (χ1) is 10.6. The van der Waals surface area contributed by atoms with Crippen molar-refractivity contribution in [2.75, 3.05) is 14.2 Å². The number of phenols is 1. The van der Waals surface area contributed by atoms with Crippen molar-refractivity contribution in [3.8, 4) is 17.2 Å². The van der Waals surface area contributed by atoms with Gasteiger partial charge < -0.3 is 14.6 Å². The van der Waals surface area contributed by atoms with Crippen LogP contribution in [0.25, 0.3) is 6.08 Å². The molecule has 1 N–H and O–H groups in total. The summed E-state index contributed by atoms with van der Waals surface area (Å²) < 4.78 is 10.2. The van der Waals surface area contributed by atoms with Crippen LogP contribution in [0.3, 0.4) is 0 Å². The first kappa shape index (κ1) is 15.6. The van der Waals surface area contributed by atoms with Gasteiger partial charge in [-0.1, -0.05) is 30.3 Å². The molecule has 4 nitrogen and oxygen atoms in total. The van der Waals surface area contributed by atoms with Gasteiger partial charge in [0.15, 0.2) is 17.3 Å². The molecule has 2 rings (SSSR count). The molecule has 2 aromatic rings. The fraction of sp³-hybridized carbons (Fsp3) is 0.167. The molecule has 0 aromatic heterocycles. The van der Waals surface area contributed by atoms with Gasteiger partial charge in [-0.15, -0.1) is 0 Å². The smallest absolute Gasteiger partial charge is 0.200 e. The molecule has 0 radical (unpaired) electrons. The van der Waals surface area contributed by atoms with Crippen molar-refractivity contribution >= 4 is 11.9 Å². The fourth-order valence-electron chi connectivity index (χ4n) is 2.12. The van der Waals surface area contributed by atoms with Crippen molar-refractivity contribution in [2.24, 2.45) is 0 Å². The quantitative estimate of drug-likeness (QED) is 0.676. The Balaban J connectivity index is 2.30. The Kier molecular flexibility index (Phi) is 4.84. The van der Waals surface area contributed by atoms with Gasteiger partial charge in [-0.25, -0.2) is 0 Å². The van der Waals surface area contributed by atoms with Gasteiger partial charge in [-0.05, 0) is 36.3 Å². The zero-order chi connectivity index (χ0) is 16.1. The molecule has 4 heteroatoms. The molecular weight excluding hydrogens is 280 g/mol. The van der Waals surface area contributed by atoms with Crippen molar-refractivity contribution in [2.45, 2.75) is 6.92 Å². The lowest BCUT2D eigenvalue weighted by Gasteiger charge is -2.09. The number of phenolic OH excluding ortho intramolecular Hbond substituents is 1. The van der Waals surface area contributed by atoms with Crippen LogP contribution in [0.15, 0.2) is 42.5 Å². The molecule has 0 saturated carbocycles. The zero-order valence-corrected chi connectivity index (χ0v) is 12.8. The van der Waals surface area contributed by atoms with Crippen LogP contribution in [-0.2, 0) is 0 Å². The predicted octanol–water partition coefficient (Wildman–Crippen LogP) is 3.61. The molecule has 22 heavy (non-hydrogen) atoms. The number of ether oxygens (including phenoxy) is 2. The number of benzene rings is 2. The Labute approximate surface area is 129 Å². The minimum atomic E-state index is -0.0795. The van der Waals surface area contributed by atoms with Crippen LogP contribution in [-0.4, -0.2) is 25.1 Å². The van der Waals surface area contributed by atoms with E-state index in [4.69, 9.17) is 9.47 Å². The second-order valence-electron chi connectivity index (χ2n) is 4.79. The molecule has 0 aliphatic carbocycles. The van der Waals surface area contributed by atoms with E-state index in [1.807, 2.05) is 25.1 Å². The van der Waals surface area contributed by atoms with Crippen LogP contribution in [0.5, 0.6) is 17.2 Å². The first-order valence-corrected chi connectivity index (χ1v) is 6.80. The lowest BCUT2D eigenvalue weighted by Crippen LogP contribution is -1.97. The minimum Gasteiger partial charge on any atom is -0.502 e. The number of hydrogen-bond donors (Lipinski definition) is 1. The van der Waals surface area contributed by atoms with Gasteiger partial charge in [0, 0.05) is 5.56 Å². The van der Waals surface area contributed by atoms with Crippen LogP contribution in [0.2, 0.25) is 0 Å². The van der Waals surface area contributed by atoms with Gasteiger partial charge in [-0.2, -0.15) is 0 Å². The van der Waals surface area contributed by atoms with Gasteiger partial charge in [0.2, 0.25) is 5.75 Å². The van der Waals surface area contributed by atoms with Crippen molar-refractivity contribution < 1.29 is 19.4 Å². The third-order valence-corrected chi connectivity index (χ3v) is 3.34. The predicted molar refractivity (Wildman–Crippen MR) is 85.8 cm³/mol. The molecular formula is C18H18O4. The number of hydrogen-bond acceptors (Lipinski definition) is 4. The molecule has 0 saturated heterocycles. The summed E-state index contributed by atoms with van der Waals surface area (Å²) in [5.74, 6) is 0.446. The van der Waals surface area contributed by atoms with Crippen molar-refractivity contribution in [3.63, 3.8) is 0 Å². The van der Waals surface area contributed by atoms with Gasteiger partial charge in [-0.3, -0.25) is 4.79 Å². The highest BCUT2D eigenvalue weighted by molar-refractivity contribution is 6.07. The summed E-state index contributed by atoms with van der Waals surface area (Å²) in [4.78, 5) is 12.2. The van der Waals surface area contributed by atoms with Crippen LogP contribution in [0.4, 0.5) is 0 Å². The molecule has 0 spiro atoms. The number of allylic oxidation sites excluding steroid dienone is 1. The number of ketones is 1. The molecule has 0 atom stereocenters. The molecule has 0 amide bonds. The maximum Gasteiger partial charge on any atom is 0.200 e. The Morgan fingerprint density at radius 2 is 1.68 bits per heavy atom. The van der Waals surface area contributed by atoms with Crippen LogP contribution >= 0.6 is 0 Å². The summed E-state index contributed by atoms with van der Waals surface area (Å²) in [7, 11) is 2.92. The van der Waals surface area contributed by atoms with E-state index in [-0.39, 0.29) is 11.5 Å². The van der Waals surface area contributed by atoms with E-state index in [0.29, 0.717) is 22.6 Å². The first-order valence-electron chi connectivity index (χ1n) is 6.80. The molecule has 0 heterocycles. The molecule has 0 aliphatic rings. The average molecular weight is 298 g/mol. The number of carbonyl (C=O) groups is 1. The lowest BCUT2D eigenvalue weighted by molar-refractivity contribution is 0.104. The molecule has 114 valence electrons. The highest BCUT2D eigenvalue weighted by Gasteiger charge is 2.10. The molecule has 0 fully saturated rings.